The minimum absolute atomic E-state index is 0.146. The number of anilines is 1. The smallest absolute Gasteiger partial charge is 0.201 e. The molecule has 1 aromatic rings. The Morgan fingerprint density at radius 1 is 1.32 bits per heavy atom. The molecule has 0 unspecified atom stereocenters. The third kappa shape index (κ3) is 2.65. The van der Waals surface area contributed by atoms with E-state index in [0.717, 1.165) is 5.69 Å². The lowest BCUT2D eigenvalue weighted by molar-refractivity contribution is 0.240. The lowest BCUT2D eigenvalue weighted by atomic mass is 10.3. The zero-order valence-electron chi connectivity index (χ0n) is 10.8. The van der Waals surface area contributed by atoms with Crippen molar-refractivity contribution < 1.29 is 19.3 Å². The minimum atomic E-state index is 0.146. The molecule has 0 radical (unpaired) electrons. The van der Waals surface area contributed by atoms with Gasteiger partial charge in [0.05, 0.1) is 19.9 Å². The van der Waals surface area contributed by atoms with Gasteiger partial charge >= 0.3 is 0 Å². The van der Waals surface area contributed by atoms with Crippen LogP contribution in [0.1, 0.15) is 0 Å². The Morgan fingerprint density at radius 2 is 2.05 bits per heavy atom. The summed E-state index contributed by atoms with van der Waals surface area (Å²) in [6.45, 7) is 3.64. The minimum Gasteiger partial charge on any atom is -0.508 e. The monoisotopic (exact) mass is 261 g/mol. The van der Waals surface area contributed by atoms with Crippen LogP contribution in [0.25, 0.3) is 0 Å². The molecule has 0 aromatic heterocycles. The average molecular weight is 261 g/mol. The number of nitrogens with one attached hydrogen (secondary N) is 1. The van der Waals surface area contributed by atoms with Crippen LogP contribution in [0, 0.1) is 0 Å². The Morgan fingerprint density at radius 3 is 2.68 bits per heavy atom. The Hall–Kier alpha value is -2.56. The van der Waals surface area contributed by atoms with Crippen molar-refractivity contribution in [1.29, 1.82) is 0 Å². The summed E-state index contributed by atoms with van der Waals surface area (Å²) >= 11 is 0. The predicted molar refractivity (Wildman–Crippen MR) is 71.7 cm³/mol. The van der Waals surface area contributed by atoms with Gasteiger partial charge in [0.15, 0.2) is 17.3 Å². The van der Waals surface area contributed by atoms with Gasteiger partial charge in [-0.15, -0.1) is 0 Å². The first-order valence-electron chi connectivity index (χ1n) is 5.62. The zero-order valence-corrected chi connectivity index (χ0v) is 10.8. The second-order valence-corrected chi connectivity index (χ2v) is 3.76. The molecule has 1 aliphatic heterocycles. The fraction of sp³-hybridized carbons (Fsp3) is 0.143. The molecule has 0 saturated heterocycles. The van der Waals surface area contributed by atoms with E-state index < -0.39 is 0 Å². The van der Waals surface area contributed by atoms with E-state index in [1.54, 1.807) is 24.3 Å². The van der Waals surface area contributed by atoms with Gasteiger partial charge in [0.25, 0.3) is 0 Å². The van der Waals surface area contributed by atoms with Crippen LogP contribution in [-0.2, 0) is 9.47 Å². The quantitative estimate of drug-likeness (QED) is 0.496. The van der Waals surface area contributed by atoms with Crippen molar-refractivity contribution in [3.8, 4) is 11.5 Å². The molecule has 0 bridgehead atoms. The van der Waals surface area contributed by atoms with E-state index >= 15 is 0 Å². The van der Waals surface area contributed by atoms with Gasteiger partial charge in [-0.3, -0.25) is 0 Å². The highest BCUT2D eigenvalue weighted by molar-refractivity contribution is 5.65. The van der Waals surface area contributed by atoms with E-state index in [1.165, 1.54) is 20.3 Å². The van der Waals surface area contributed by atoms with Gasteiger partial charge in [0, 0.05) is 12.1 Å². The van der Waals surface area contributed by atoms with Crippen molar-refractivity contribution >= 4 is 5.69 Å². The highest BCUT2D eigenvalue weighted by Crippen LogP contribution is 2.36. The van der Waals surface area contributed by atoms with Gasteiger partial charge in [-0.1, -0.05) is 6.58 Å². The topological polar surface area (TPSA) is 60.0 Å². The first-order valence-corrected chi connectivity index (χ1v) is 5.62. The molecule has 5 nitrogen and oxygen atoms in total. The number of hydrogen-bond donors (Lipinski definition) is 2. The number of allylic oxidation sites excluding steroid dienone is 2. The van der Waals surface area contributed by atoms with Crippen LogP contribution in [0.15, 0.2) is 54.3 Å². The lowest BCUT2D eigenvalue weighted by Gasteiger charge is -2.07. The Balaban J connectivity index is 2.28. The standard InChI is InChI=1S/C14H15NO4/c1-4-11(17-2)13(18-3)8-14-15-10-6-5-9(16)7-12(10)19-14/h4-8,15-16H,1H2,2-3H3/b13-11-,14-8+. The number of rotatable bonds is 4. The molecule has 0 aliphatic carbocycles. The lowest BCUT2D eigenvalue weighted by Crippen LogP contribution is -2.00. The average Bonchev–Trinajstić information content (AvgIpc) is 2.80. The van der Waals surface area contributed by atoms with Gasteiger partial charge in [-0.05, 0) is 18.2 Å². The van der Waals surface area contributed by atoms with Crippen LogP contribution < -0.4 is 10.1 Å². The zero-order chi connectivity index (χ0) is 13.8. The van der Waals surface area contributed by atoms with E-state index in [2.05, 4.69) is 11.9 Å². The summed E-state index contributed by atoms with van der Waals surface area (Å²) in [5.74, 6) is 2.16. The van der Waals surface area contributed by atoms with E-state index in [1.807, 2.05) is 0 Å². The Bertz CT molecular complexity index is 561. The van der Waals surface area contributed by atoms with Crippen molar-refractivity contribution in [2.24, 2.45) is 0 Å². The normalized spacial score (nSPS) is 16.0. The van der Waals surface area contributed by atoms with Crippen LogP contribution in [0.5, 0.6) is 11.5 Å². The van der Waals surface area contributed by atoms with E-state index in [9.17, 15) is 5.11 Å². The maximum atomic E-state index is 9.38. The number of benzene rings is 1. The largest absolute Gasteiger partial charge is 0.508 e. The van der Waals surface area contributed by atoms with E-state index in [4.69, 9.17) is 14.2 Å². The first-order chi connectivity index (χ1) is 9.17. The number of fused-ring (bicyclic) bond motifs is 1. The summed E-state index contributed by atoms with van der Waals surface area (Å²) in [5, 5.41) is 12.4. The Kier molecular flexibility index (Phi) is 3.66. The fourth-order valence-corrected chi connectivity index (χ4v) is 1.68. The third-order valence-electron chi connectivity index (χ3n) is 2.57. The van der Waals surface area contributed by atoms with Crippen molar-refractivity contribution in [3.05, 3.63) is 54.3 Å². The molecule has 0 atom stereocenters. The van der Waals surface area contributed by atoms with Crippen molar-refractivity contribution in [1.82, 2.24) is 0 Å². The van der Waals surface area contributed by atoms with Crippen molar-refractivity contribution in [2.75, 3.05) is 19.5 Å². The van der Waals surface area contributed by atoms with Crippen LogP contribution in [0.3, 0.4) is 0 Å². The maximum Gasteiger partial charge on any atom is 0.201 e. The number of ether oxygens (including phenoxy) is 3. The maximum absolute atomic E-state index is 9.38. The molecule has 100 valence electrons. The third-order valence-corrected chi connectivity index (χ3v) is 2.57. The number of aromatic hydroxyl groups is 1. The molecule has 1 aromatic carbocycles. The number of methoxy groups -OCH3 is 2. The Labute approximate surface area is 111 Å². The molecule has 1 aliphatic rings. The highest BCUT2D eigenvalue weighted by atomic mass is 16.5. The van der Waals surface area contributed by atoms with Gasteiger partial charge < -0.3 is 24.6 Å². The van der Waals surface area contributed by atoms with Crippen molar-refractivity contribution in [2.45, 2.75) is 0 Å². The molecule has 2 rings (SSSR count). The molecule has 0 spiro atoms. The second-order valence-electron chi connectivity index (χ2n) is 3.76. The number of phenolic OH excluding ortho intramolecular Hbond substituents is 1. The fourth-order valence-electron chi connectivity index (χ4n) is 1.68. The van der Waals surface area contributed by atoms with Gasteiger partial charge in [-0.2, -0.15) is 0 Å². The highest BCUT2D eigenvalue weighted by Gasteiger charge is 2.18. The summed E-state index contributed by atoms with van der Waals surface area (Å²) in [5.41, 5.74) is 0.775. The molecule has 0 saturated carbocycles. The van der Waals surface area contributed by atoms with Crippen LogP contribution in [-0.4, -0.2) is 19.3 Å². The summed E-state index contributed by atoms with van der Waals surface area (Å²) in [7, 11) is 3.06. The molecule has 0 amide bonds. The van der Waals surface area contributed by atoms with Gasteiger partial charge in [-0.25, -0.2) is 0 Å². The van der Waals surface area contributed by atoms with Crippen LogP contribution in [0.4, 0.5) is 5.69 Å². The molecule has 0 fully saturated rings. The SMILES string of the molecule is C=C/C(OC)=C(\C=C1/Nc2ccc(O)cc2O1)OC. The molecule has 2 N–H and O–H groups in total. The summed E-state index contributed by atoms with van der Waals surface area (Å²) < 4.78 is 15.9. The summed E-state index contributed by atoms with van der Waals surface area (Å²) in [4.78, 5) is 0. The molecular formula is C14H15NO4. The molecular weight excluding hydrogens is 246 g/mol. The molecule has 1 heterocycles. The van der Waals surface area contributed by atoms with E-state index in [-0.39, 0.29) is 5.75 Å². The first kappa shape index (κ1) is 12.9. The van der Waals surface area contributed by atoms with Crippen molar-refractivity contribution in [3.63, 3.8) is 0 Å². The summed E-state index contributed by atoms with van der Waals surface area (Å²) in [6, 6.07) is 4.84. The van der Waals surface area contributed by atoms with Crippen LogP contribution in [0.2, 0.25) is 0 Å². The van der Waals surface area contributed by atoms with Crippen LogP contribution >= 0.6 is 0 Å². The van der Waals surface area contributed by atoms with Gasteiger partial charge in [0.2, 0.25) is 5.88 Å². The second kappa shape index (κ2) is 5.39. The van der Waals surface area contributed by atoms with E-state index in [0.29, 0.717) is 23.2 Å². The molecule has 19 heavy (non-hydrogen) atoms. The van der Waals surface area contributed by atoms with Gasteiger partial charge in [0.1, 0.15) is 5.75 Å². The molecule has 5 heteroatoms. The summed E-state index contributed by atoms with van der Waals surface area (Å²) in [6.07, 6.45) is 3.20. The predicted octanol–water partition coefficient (Wildman–Crippen LogP) is 2.73. The number of phenols is 1. The number of hydrogen-bond acceptors (Lipinski definition) is 5.